The van der Waals surface area contributed by atoms with Crippen LogP contribution in [0.1, 0.15) is 49.5 Å². The Morgan fingerprint density at radius 3 is 2.17 bits per heavy atom. The molecule has 6 nitrogen and oxygen atoms in total. The Labute approximate surface area is 179 Å². The van der Waals surface area contributed by atoms with Gasteiger partial charge in [0.05, 0.1) is 4.90 Å². The smallest absolute Gasteiger partial charge is 0.251 e. The maximum atomic E-state index is 12.6. The lowest BCUT2D eigenvalue weighted by atomic mass is 10.0. The molecular weight excluding hydrogens is 398 g/mol. The molecule has 1 aliphatic heterocycles. The van der Waals surface area contributed by atoms with Crippen LogP contribution in [-0.2, 0) is 16.6 Å². The molecule has 2 aromatic carbocycles. The van der Waals surface area contributed by atoms with E-state index in [9.17, 15) is 13.2 Å². The van der Waals surface area contributed by atoms with Crippen LogP contribution in [0.2, 0.25) is 0 Å². The van der Waals surface area contributed by atoms with Crippen molar-refractivity contribution in [3.8, 4) is 0 Å². The molecular formula is C23H31N3O3S. The van der Waals surface area contributed by atoms with Gasteiger partial charge in [-0.05, 0) is 63.4 Å². The van der Waals surface area contributed by atoms with E-state index in [4.69, 9.17) is 0 Å². The summed E-state index contributed by atoms with van der Waals surface area (Å²) in [5.74, 6) is -0.163. The molecule has 1 heterocycles. The van der Waals surface area contributed by atoms with Gasteiger partial charge in [0, 0.05) is 36.8 Å². The predicted octanol–water partition coefficient (Wildman–Crippen LogP) is 3.16. The highest BCUT2D eigenvalue weighted by atomic mass is 32.2. The average Bonchev–Trinajstić information content (AvgIpc) is 2.68. The Balaban J connectivity index is 1.52. The number of hydrogen-bond donors (Lipinski definition) is 2. The third kappa shape index (κ3) is 6.39. The van der Waals surface area contributed by atoms with Crippen LogP contribution in [-0.4, -0.2) is 43.9 Å². The highest BCUT2D eigenvalue weighted by Gasteiger charge is 2.23. The van der Waals surface area contributed by atoms with Gasteiger partial charge in [0.25, 0.3) is 5.91 Å². The Morgan fingerprint density at radius 2 is 1.60 bits per heavy atom. The van der Waals surface area contributed by atoms with E-state index in [0.29, 0.717) is 5.56 Å². The van der Waals surface area contributed by atoms with Gasteiger partial charge in [0.15, 0.2) is 0 Å². The maximum absolute atomic E-state index is 12.6. The lowest BCUT2D eigenvalue weighted by molar-refractivity contribution is 0.0909. The van der Waals surface area contributed by atoms with Crippen LogP contribution in [0.3, 0.4) is 0 Å². The molecule has 0 saturated carbocycles. The van der Waals surface area contributed by atoms with Crippen LogP contribution in [0.5, 0.6) is 0 Å². The van der Waals surface area contributed by atoms with Gasteiger partial charge in [-0.25, -0.2) is 13.1 Å². The first-order valence-corrected chi connectivity index (χ1v) is 11.8. The number of piperidine rings is 1. The minimum atomic E-state index is -3.61. The second kappa shape index (κ2) is 9.29. The molecule has 3 rings (SSSR count). The highest BCUT2D eigenvalue weighted by molar-refractivity contribution is 7.89. The van der Waals surface area contributed by atoms with E-state index in [1.54, 1.807) is 32.9 Å². The van der Waals surface area contributed by atoms with E-state index in [-0.39, 0.29) is 16.8 Å². The molecule has 0 bridgehead atoms. The van der Waals surface area contributed by atoms with Crippen molar-refractivity contribution in [2.75, 3.05) is 13.1 Å². The van der Waals surface area contributed by atoms with E-state index < -0.39 is 15.6 Å². The van der Waals surface area contributed by atoms with Crippen molar-refractivity contribution in [3.05, 3.63) is 65.7 Å². The summed E-state index contributed by atoms with van der Waals surface area (Å²) in [5.41, 5.74) is 1.21. The molecule has 0 unspecified atom stereocenters. The SMILES string of the molecule is CC(C)(C)NS(=O)(=O)c1ccc(C(=O)NC2CCN(Cc3ccccc3)CC2)cc1. The third-order valence-electron chi connectivity index (χ3n) is 5.04. The first kappa shape index (κ1) is 22.5. The summed E-state index contributed by atoms with van der Waals surface area (Å²) in [6, 6.07) is 16.6. The Bertz CT molecular complexity index is 943. The Morgan fingerprint density at radius 1 is 1.00 bits per heavy atom. The van der Waals surface area contributed by atoms with Crippen molar-refractivity contribution in [1.82, 2.24) is 14.9 Å². The molecule has 2 N–H and O–H groups in total. The molecule has 0 radical (unpaired) electrons. The maximum Gasteiger partial charge on any atom is 0.251 e. The normalized spacial score (nSPS) is 16.4. The fourth-order valence-electron chi connectivity index (χ4n) is 3.59. The van der Waals surface area contributed by atoms with Crippen LogP contribution >= 0.6 is 0 Å². The molecule has 7 heteroatoms. The first-order chi connectivity index (χ1) is 14.1. The standard InChI is InChI=1S/C23H31N3O3S/c1-23(2,3)25-30(28,29)21-11-9-19(10-12-21)22(27)24-20-13-15-26(16-14-20)17-18-7-5-4-6-8-18/h4-12,20,25H,13-17H2,1-3H3,(H,24,27). The van der Waals surface area contributed by atoms with Gasteiger partial charge in [0.1, 0.15) is 0 Å². The summed E-state index contributed by atoms with van der Waals surface area (Å²) >= 11 is 0. The number of sulfonamides is 1. The van der Waals surface area contributed by atoms with Gasteiger partial charge >= 0.3 is 0 Å². The average molecular weight is 430 g/mol. The zero-order valence-corrected chi connectivity index (χ0v) is 18.7. The predicted molar refractivity (Wildman–Crippen MR) is 119 cm³/mol. The molecule has 1 saturated heterocycles. The monoisotopic (exact) mass is 429 g/mol. The van der Waals surface area contributed by atoms with Gasteiger partial charge < -0.3 is 5.32 Å². The minimum absolute atomic E-state index is 0.135. The van der Waals surface area contributed by atoms with Crippen molar-refractivity contribution in [2.45, 2.75) is 56.6 Å². The minimum Gasteiger partial charge on any atom is -0.349 e. The summed E-state index contributed by atoms with van der Waals surface area (Å²) < 4.78 is 27.4. The fourth-order valence-corrected chi connectivity index (χ4v) is 5.01. The van der Waals surface area contributed by atoms with Crippen LogP contribution in [0.4, 0.5) is 0 Å². The van der Waals surface area contributed by atoms with Gasteiger partial charge in [-0.3, -0.25) is 9.69 Å². The first-order valence-electron chi connectivity index (χ1n) is 10.3. The topological polar surface area (TPSA) is 78.5 Å². The van der Waals surface area contributed by atoms with E-state index >= 15 is 0 Å². The van der Waals surface area contributed by atoms with Gasteiger partial charge in [0.2, 0.25) is 10.0 Å². The summed E-state index contributed by atoms with van der Waals surface area (Å²) in [6.07, 6.45) is 1.81. The van der Waals surface area contributed by atoms with E-state index in [2.05, 4.69) is 39.2 Å². The molecule has 1 amide bonds. The largest absolute Gasteiger partial charge is 0.349 e. The van der Waals surface area contributed by atoms with Crippen molar-refractivity contribution in [2.24, 2.45) is 0 Å². The molecule has 30 heavy (non-hydrogen) atoms. The van der Waals surface area contributed by atoms with Gasteiger partial charge in [-0.2, -0.15) is 0 Å². The Hall–Kier alpha value is -2.22. The number of benzene rings is 2. The molecule has 0 atom stereocenters. The van der Waals surface area contributed by atoms with E-state index in [1.165, 1.54) is 17.7 Å². The number of hydrogen-bond acceptors (Lipinski definition) is 4. The van der Waals surface area contributed by atoms with Crippen molar-refractivity contribution >= 4 is 15.9 Å². The lowest BCUT2D eigenvalue weighted by Gasteiger charge is -2.32. The molecule has 0 aliphatic carbocycles. The van der Waals surface area contributed by atoms with E-state index in [1.807, 2.05) is 6.07 Å². The van der Waals surface area contributed by atoms with E-state index in [0.717, 1.165) is 32.5 Å². The second-order valence-electron chi connectivity index (χ2n) is 8.89. The highest BCUT2D eigenvalue weighted by Crippen LogP contribution is 2.16. The molecule has 2 aromatic rings. The number of carbonyl (C=O) groups excluding carboxylic acids is 1. The summed E-state index contributed by atoms with van der Waals surface area (Å²) in [5, 5.41) is 3.09. The zero-order valence-electron chi connectivity index (χ0n) is 17.9. The van der Waals surface area contributed by atoms with Crippen molar-refractivity contribution in [1.29, 1.82) is 0 Å². The molecule has 0 spiro atoms. The second-order valence-corrected chi connectivity index (χ2v) is 10.6. The fraction of sp³-hybridized carbons (Fsp3) is 0.435. The number of nitrogens with zero attached hydrogens (tertiary/aromatic N) is 1. The quantitative estimate of drug-likeness (QED) is 0.739. The van der Waals surface area contributed by atoms with Gasteiger partial charge in [-0.15, -0.1) is 0 Å². The summed E-state index contributed by atoms with van der Waals surface area (Å²) in [7, 11) is -3.61. The lowest BCUT2D eigenvalue weighted by Crippen LogP contribution is -2.44. The molecule has 0 aromatic heterocycles. The molecule has 1 fully saturated rings. The van der Waals surface area contributed by atoms with Crippen LogP contribution in [0.15, 0.2) is 59.5 Å². The zero-order chi connectivity index (χ0) is 21.8. The summed E-state index contributed by atoms with van der Waals surface area (Å²) in [6.45, 7) is 8.18. The third-order valence-corrected chi connectivity index (χ3v) is 6.81. The van der Waals surface area contributed by atoms with Crippen molar-refractivity contribution in [3.63, 3.8) is 0 Å². The number of amides is 1. The summed E-state index contributed by atoms with van der Waals surface area (Å²) in [4.78, 5) is 15.1. The molecule has 162 valence electrons. The molecule has 1 aliphatic rings. The Kier molecular flexibility index (Phi) is 6.95. The van der Waals surface area contributed by atoms with Crippen LogP contribution < -0.4 is 10.0 Å². The van der Waals surface area contributed by atoms with Crippen LogP contribution in [0.25, 0.3) is 0 Å². The number of rotatable bonds is 6. The number of carbonyl (C=O) groups is 1. The van der Waals surface area contributed by atoms with Crippen molar-refractivity contribution < 1.29 is 13.2 Å². The van der Waals surface area contributed by atoms with Gasteiger partial charge in [-0.1, -0.05) is 30.3 Å². The number of nitrogens with one attached hydrogen (secondary N) is 2. The van der Waals surface area contributed by atoms with Crippen LogP contribution in [0, 0.1) is 0 Å². The number of likely N-dealkylation sites (tertiary alicyclic amines) is 1.